The van der Waals surface area contributed by atoms with E-state index in [1.165, 1.54) is 11.8 Å². The zero-order chi connectivity index (χ0) is 18.1. The van der Waals surface area contributed by atoms with E-state index >= 15 is 0 Å². The molecule has 6 heteroatoms. The van der Waals surface area contributed by atoms with Gasteiger partial charge in [0.15, 0.2) is 0 Å². The van der Waals surface area contributed by atoms with Crippen LogP contribution in [0.15, 0.2) is 24.3 Å². The van der Waals surface area contributed by atoms with E-state index in [4.69, 9.17) is 0 Å². The average molecular weight is 364 g/mol. The Kier molecular flexibility index (Phi) is 8.28. The topological polar surface area (TPSA) is 61.4 Å². The maximum Gasteiger partial charge on any atom is 0.234 e. The van der Waals surface area contributed by atoms with Crippen LogP contribution in [-0.2, 0) is 9.59 Å². The first-order chi connectivity index (χ1) is 12.1. The second-order valence-electron chi connectivity index (χ2n) is 6.54. The van der Waals surface area contributed by atoms with Gasteiger partial charge in [0, 0.05) is 18.8 Å². The molecule has 1 fully saturated rings. The minimum atomic E-state index is -0.0639. The van der Waals surface area contributed by atoms with Crippen molar-refractivity contribution in [1.82, 2.24) is 10.2 Å². The predicted molar refractivity (Wildman–Crippen MR) is 105 cm³/mol. The Bertz CT molecular complexity index is 554. The summed E-state index contributed by atoms with van der Waals surface area (Å²) < 4.78 is 0. The summed E-state index contributed by atoms with van der Waals surface area (Å²) in [6.45, 7) is 7.85. The third kappa shape index (κ3) is 7.08. The third-order valence-corrected chi connectivity index (χ3v) is 5.36. The van der Waals surface area contributed by atoms with Crippen molar-refractivity contribution in [3.8, 4) is 0 Å². The van der Waals surface area contributed by atoms with Gasteiger partial charge >= 0.3 is 0 Å². The summed E-state index contributed by atoms with van der Waals surface area (Å²) in [4.78, 5) is 26.1. The van der Waals surface area contributed by atoms with Crippen LogP contribution >= 0.6 is 11.8 Å². The van der Waals surface area contributed by atoms with Gasteiger partial charge < -0.3 is 15.5 Å². The average Bonchev–Trinajstić information content (AvgIpc) is 2.62. The summed E-state index contributed by atoms with van der Waals surface area (Å²) in [5.41, 5.74) is 1.96. The molecule has 0 bridgehead atoms. The minimum absolute atomic E-state index is 0.0639. The van der Waals surface area contributed by atoms with E-state index in [-0.39, 0.29) is 11.8 Å². The normalized spacial score (nSPS) is 15.2. The largest absolute Gasteiger partial charge is 0.342 e. The van der Waals surface area contributed by atoms with Crippen LogP contribution < -0.4 is 10.6 Å². The standard InChI is InChI=1S/C19H29N3O2S/c1-3-20-12-16-8-10-22(11-9-16)19(24)14-25-13-18(23)21-17-6-4-15(2)5-7-17/h4-7,16,20H,3,8-14H2,1-2H3,(H,21,23). The van der Waals surface area contributed by atoms with Crippen molar-refractivity contribution in [1.29, 1.82) is 0 Å². The highest BCUT2D eigenvalue weighted by Crippen LogP contribution is 2.17. The van der Waals surface area contributed by atoms with E-state index in [2.05, 4.69) is 17.6 Å². The third-order valence-electron chi connectivity index (χ3n) is 4.44. The zero-order valence-corrected chi connectivity index (χ0v) is 16.0. The number of thioether (sulfide) groups is 1. The van der Waals surface area contributed by atoms with E-state index in [1.807, 2.05) is 36.1 Å². The maximum atomic E-state index is 12.3. The number of nitrogens with zero attached hydrogens (tertiary/aromatic N) is 1. The van der Waals surface area contributed by atoms with Crippen LogP contribution in [0.1, 0.15) is 25.3 Å². The zero-order valence-electron chi connectivity index (χ0n) is 15.2. The lowest BCUT2D eigenvalue weighted by molar-refractivity contribution is -0.129. The molecule has 1 aromatic rings. The number of aryl methyl sites for hydroxylation is 1. The summed E-state index contributed by atoms with van der Waals surface area (Å²) in [7, 11) is 0. The number of carbonyl (C=O) groups is 2. The van der Waals surface area contributed by atoms with Crippen molar-refractivity contribution in [2.45, 2.75) is 26.7 Å². The van der Waals surface area contributed by atoms with Gasteiger partial charge in [-0.3, -0.25) is 9.59 Å². The van der Waals surface area contributed by atoms with E-state index in [0.717, 1.165) is 50.3 Å². The van der Waals surface area contributed by atoms with Crippen LogP contribution in [0.3, 0.4) is 0 Å². The summed E-state index contributed by atoms with van der Waals surface area (Å²) in [5.74, 6) is 1.44. The van der Waals surface area contributed by atoms with E-state index < -0.39 is 0 Å². The molecule has 2 rings (SSSR count). The molecule has 2 amide bonds. The molecule has 25 heavy (non-hydrogen) atoms. The highest BCUT2D eigenvalue weighted by atomic mass is 32.2. The Hall–Kier alpha value is -1.53. The van der Waals surface area contributed by atoms with E-state index in [0.29, 0.717) is 17.4 Å². The second-order valence-corrected chi connectivity index (χ2v) is 7.52. The van der Waals surface area contributed by atoms with Gasteiger partial charge in [0.2, 0.25) is 11.8 Å². The van der Waals surface area contributed by atoms with Gasteiger partial charge in [-0.1, -0.05) is 24.6 Å². The van der Waals surface area contributed by atoms with Crippen molar-refractivity contribution < 1.29 is 9.59 Å². The van der Waals surface area contributed by atoms with Gasteiger partial charge in [-0.25, -0.2) is 0 Å². The summed E-state index contributed by atoms with van der Waals surface area (Å²) >= 11 is 1.38. The smallest absolute Gasteiger partial charge is 0.234 e. The van der Waals surface area contributed by atoms with Gasteiger partial charge in [-0.15, -0.1) is 11.8 Å². The minimum Gasteiger partial charge on any atom is -0.342 e. The van der Waals surface area contributed by atoms with Crippen LogP contribution in [0.2, 0.25) is 0 Å². The van der Waals surface area contributed by atoms with Gasteiger partial charge in [0.05, 0.1) is 11.5 Å². The highest BCUT2D eigenvalue weighted by Gasteiger charge is 2.22. The van der Waals surface area contributed by atoms with Crippen molar-refractivity contribution in [2.75, 3.05) is 43.0 Å². The van der Waals surface area contributed by atoms with Crippen LogP contribution in [0.25, 0.3) is 0 Å². The first-order valence-electron chi connectivity index (χ1n) is 9.01. The molecule has 1 aliphatic heterocycles. The number of piperidine rings is 1. The fraction of sp³-hybridized carbons (Fsp3) is 0.579. The van der Waals surface area contributed by atoms with Gasteiger partial charge in [-0.05, 0) is 50.9 Å². The van der Waals surface area contributed by atoms with Crippen LogP contribution in [-0.4, -0.2) is 54.4 Å². The van der Waals surface area contributed by atoms with Crippen LogP contribution in [0, 0.1) is 12.8 Å². The van der Waals surface area contributed by atoms with Gasteiger partial charge in [-0.2, -0.15) is 0 Å². The lowest BCUT2D eigenvalue weighted by Crippen LogP contribution is -2.41. The number of hydrogen-bond acceptors (Lipinski definition) is 4. The number of rotatable bonds is 8. The molecular formula is C19H29N3O2S. The molecule has 0 saturated carbocycles. The molecule has 0 aromatic heterocycles. The number of amides is 2. The van der Waals surface area contributed by atoms with Crippen molar-refractivity contribution in [3.05, 3.63) is 29.8 Å². The van der Waals surface area contributed by atoms with Crippen LogP contribution in [0.4, 0.5) is 5.69 Å². The monoisotopic (exact) mass is 363 g/mol. The summed E-state index contributed by atoms with van der Waals surface area (Å²) in [6.07, 6.45) is 2.13. The molecular weight excluding hydrogens is 334 g/mol. The lowest BCUT2D eigenvalue weighted by atomic mass is 9.97. The fourth-order valence-corrected chi connectivity index (χ4v) is 3.61. The van der Waals surface area contributed by atoms with Gasteiger partial charge in [0.1, 0.15) is 0 Å². The van der Waals surface area contributed by atoms with E-state index in [1.54, 1.807) is 0 Å². The first-order valence-corrected chi connectivity index (χ1v) is 10.2. The highest BCUT2D eigenvalue weighted by molar-refractivity contribution is 8.00. The van der Waals surface area contributed by atoms with Gasteiger partial charge in [0.25, 0.3) is 0 Å². The second kappa shape index (κ2) is 10.5. The van der Waals surface area contributed by atoms with E-state index in [9.17, 15) is 9.59 Å². The molecule has 0 aliphatic carbocycles. The number of nitrogens with one attached hydrogen (secondary N) is 2. The van der Waals surface area contributed by atoms with Crippen molar-refractivity contribution in [3.63, 3.8) is 0 Å². The first kappa shape index (κ1) is 19.8. The maximum absolute atomic E-state index is 12.3. The molecule has 0 radical (unpaired) electrons. The number of carbonyl (C=O) groups excluding carboxylic acids is 2. The molecule has 1 aliphatic rings. The number of hydrogen-bond donors (Lipinski definition) is 2. The Morgan fingerprint density at radius 1 is 1.16 bits per heavy atom. The molecule has 1 saturated heterocycles. The molecule has 5 nitrogen and oxygen atoms in total. The Morgan fingerprint density at radius 3 is 2.48 bits per heavy atom. The predicted octanol–water partition coefficient (Wildman–Crippen LogP) is 2.51. The molecule has 0 atom stereocenters. The lowest BCUT2D eigenvalue weighted by Gasteiger charge is -2.32. The fourth-order valence-electron chi connectivity index (χ4n) is 2.89. The number of likely N-dealkylation sites (tertiary alicyclic amines) is 1. The molecule has 1 aromatic carbocycles. The summed E-state index contributed by atoms with van der Waals surface area (Å²) in [5, 5.41) is 6.24. The molecule has 0 spiro atoms. The molecule has 138 valence electrons. The Morgan fingerprint density at radius 2 is 1.84 bits per heavy atom. The number of anilines is 1. The number of benzene rings is 1. The Labute approximate surface area is 154 Å². The van der Waals surface area contributed by atoms with Crippen LogP contribution in [0.5, 0.6) is 0 Å². The molecule has 2 N–H and O–H groups in total. The van der Waals surface area contributed by atoms with Crippen molar-refractivity contribution >= 4 is 29.3 Å². The SMILES string of the molecule is CCNCC1CCN(C(=O)CSCC(=O)Nc2ccc(C)cc2)CC1. The van der Waals surface area contributed by atoms with Crippen molar-refractivity contribution in [2.24, 2.45) is 5.92 Å². The molecule has 1 heterocycles. The summed E-state index contributed by atoms with van der Waals surface area (Å²) in [6, 6.07) is 7.71. The Balaban J connectivity index is 1.62. The quantitative estimate of drug-likeness (QED) is 0.745. The molecule has 0 unspecified atom stereocenters.